The highest BCUT2D eigenvalue weighted by atomic mass is 32.2. The van der Waals surface area contributed by atoms with Crippen LogP contribution in [-0.2, 0) is 22.3 Å². The Kier molecular flexibility index (Phi) is 5.71. The Morgan fingerprint density at radius 3 is 2.57 bits per heavy atom. The van der Waals surface area contributed by atoms with Crippen LogP contribution in [0.3, 0.4) is 0 Å². The standard InChI is InChI=1S/C15H24N2O2S2/c1-16-10-13-5-3-6-14(9-13)11-21(18,19)17-12-15(20-2)7-4-8-15/h3,5-6,9,16-17H,4,7-8,10-12H2,1-2H3. The molecule has 21 heavy (non-hydrogen) atoms. The molecule has 6 heteroatoms. The van der Waals surface area contributed by atoms with Crippen molar-refractivity contribution in [2.45, 2.75) is 36.3 Å². The van der Waals surface area contributed by atoms with E-state index in [0.717, 1.165) is 30.5 Å². The molecule has 1 aromatic rings. The molecule has 0 heterocycles. The Balaban J connectivity index is 1.95. The molecule has 0 saturated heterocycles. The van der Waals surface area contributed by atoms with Crippen molar-refractivity contribution in [2.24, 2.45) is 0 Å². The lowest BCUT2D eigenvalue weighted by molar-refractivity contribution is 0.361. The summed E-state index contributed by atoms with van der Waals surface area (Å²) in [7, 11) is -1.39. The highest BCUT2D eigenvalue weighted by Gasteiger charge is 2.36. The molecule has 0 aliphatic heterocycles. The minimum Gasteiger partial charge on any atom is -0.316 e. The fraction of sp³-hybridized carbons (Fsp3) is 0.600. The second kappa shape index (κ2) is 7.13. The first-order chi connectivity index (χ1) is 9.99. The van der Waals surface area contributed by atoms with Crippen LogP contribution >= 0.6 is 11.8 Å². The first kappa shape index (κ1) is 16.8. The molecule has 4 nitrogen and oxygen atoms in total. The Bertz CT molecular complexity index is 563. The lowest BCUT2D eigenvalue weighted by Crippen LogP contribution is -2.45. The predicted octanol–water partition coefficient (Wildman–Crippen LogP) is 2.11. The van der Waals surface area contributed by atoms with Crippen molar-refractivity contribution in [2.75, 3.05) is 19.8 Å². The van der Waals surface area contributed by atoms with E-state index >= 15 is 0 Å². The van der Waals surface area contributed by atoms with Gasteiger partial charge in [0.15, 0.2) is 0 Å². The molecule has 0 aromatic heterocycles. The molecule has 118 valence electrons. The topological polar surface area (TPSA) is 58.2 Å². The van der Waals surface area contributed by atoms with Crippen molar-refractivity contribution in [3.8, 4) is 0 Å². The van der Waals surface area contributed by atoms with Crippen molar-refractivity contribution >= 4 is 21.8 Å². The molecule has 1 saturated carbocycles. The Morgan fingerprint density at radius 1 is 1.29 bits per heavy atom. The van der Waals surface area contributed by atoms with E-state index in [9.17, 15) is 8.42 Å². The highest BCUT2D eigenvalue weighted by molar-refractivity contribution is 8.00. The quantitative estimate of drug-likeness (QED) is 0.767. The summed E-state index contributed by atoms with van der Waals surface area (Å²) < 4.78 is 27.4. The summed E-state index contributed by atoms with van der Waals surface area (Å²) >= 11 is 1.78. The second-order valence-electron chi connectivity index (χ2n) is 5.67. The number of hydrogen-bond donors (Lipinski definition) is 2. The van der Waals surface area contributed by atoms with E-state index in [1.165, 1.54) is 6.42 Å². The van der Waals surface area contributed by atoms with Gasteiger partial charge in [-0.2, -0.15) is 11.8 Å². The van der Waals surface area contributed by atoms with Gasteiger partial charge in [0.2, 0.25) is 10.0 Å². The first-order valence-corrected chi connectivity index (χ1v) is 10.1. The lowest BCUT2D eigenvalue weighted by atomic mass is 9.84. The fourth-order valence-electron chi connectivity index (χ4n) is 2.57. The Labute approximate surface area is 132 Å². The van der Waals surface area contributed by atoms with Crippen LogP contribution in [-0.4, -0.2) is 33.0 Å². The molecular weight excluding hydrogens is 304 g/mol. The normalized spacial score (nSPS) is 17.4. The average Bonchev–Trinajstić information content (AvgIpc) is 2.38. The molecule has 0 bridgehead atoms. The van der Waals surface area contributed by atoms with E-state index in [2.05, 4.69) is 16.3 Å². The third kappa shape index (κ3) is 4.71. The number of thioether (sulfide) groups is 1. The lowest BCUT2D eigenvalue weighted by Gasteiger charge is -2.40. The van der Waals surface area contributed by atoms with Crippen molar-refractivity contribution < 1.29 is 8.42 Å². The molecule has 2 N–H and O–H groups in total. The maximum atomic E-state index is 12.2. The SMILES string of the molecule is CNCc1cccc(CS(=O)(=O)NCC2(SC)CCC2)c1. The second-order valence-corrected chi connectivity index (χ2v) is 8.75. The van der Waals surface area contributed by atoms with Crippen molar-refractivity contribution in [3.63, 3.8) is 0 Å². The van der Waals surface area contributed by atoms with Crippen LogP contribution in [0.1, 0.15) is 30.4 Å². The number of sulfonamides is 1. The highest BCUT2D eigenvalue weighted by Crippen LogP contribution is 2.42. The summed E-state index contributed by atoms with van der Waals surface area (Å²) in [6.07, 6.45) is 5.48. The van der Waals surface area contributed by atoms with Crippen LogP contribution < -0.4 is 10.0 Å². The fourth-order valence-corrected chi connectivity index (χ4v) is 4.79. The smallest absolute Gasteiger partial charge is 0.215 e. The van der Waals surface area contributed by atoms with E-state index in [-0.39, 0.29) is 10.5 Å². The number of benzene rings is 1. The molecular formula is C15H24N2O2S2. The maximum absolute atomic E-state index is 12.2. The zero-order chi connectivity index (χ0) is 15.3. The third-order valence-corrected chi connectivity index (χ3v) is 6.76. The van der Waals surface area contributed by atoms with Crippen LogP contribution in [0.4, 0.5) is 0 Å². The molecule has 1 fully saturated rings. The van der Waals surface area contributed by atoms with Gasteiger partial charge in [-0.25, -0.2) is 13.1 Å². The summed E-state index contributed by atoms with van der Waals surface area (Å²) in [6.45, 7) is 1.30. The summed E-state index contributed by atoms with van der Waals surface area (Å²) in [5.74, 6) is 0.0506. The summed E-state index contributed by atoms with van der Waals surface area (Å²) in [6, 6.07) is 7.72. The van der Waals surface area contributed by atoms with Gasteiger partial charge >= 0.3 is 0 Å². The van der Waals surface area contributed by atoms with Crippen LogP contribution in [0.2, 0.25) is 0 Å². The van der Waals surface area contributed by atoms with Gasteiger partial charge in [0.25, 0.3) is 0 Å². The summed E-state index contributed by atoms with van der Waals surface area (Å²) in [5, 5.41) is 3.07. The number of nitrogens with one attached hydrogen (secondary N) is 2. The molecule has 1 aromatic carbocycles. The van der Waals surface area contributed by atoms with Gasteiger partial charge < -0.3 is 5.32 Å². The van der Waals surface area contributed by atoms with E-state index in [1.54, 1.807) is 11.8 Å². The molecule has 0 atom stereocenters. The molecule has 1 aliphatic carbocycles. The first-order valence-electron chi connectivity index (χ1n) is 7.23. The van der Waals surface area contributed by atoms with Crippen LogP contribution in [0.25, 0.3) is 0 Å². The van der Waals surface area contributed by atoms with E-state index in [1.807, 2.05) is 31.3 Å². The summed E-state index contributed by atoms with van der Waals surface area (Å²) in [4.78, 5) is 0. The Hall–Kier alpha value is -0.560. The van der Waals surface area contributed by atoms with Gasteiger partial charge in [0.1, 0.15) is 0 Å². The zero-order valence-corrected chi connectivity index (χ0v) is 14.3. The minimum absolute atomic E-state index is 0.0506. The van der Waals surface area contributed by atoms with Crippen LogP contribution in [0, 0.1) is 0 Å². The number of rotatable bonds is 8. The predicted molar refractivity (Wildman–Crippen MR) is 89.9 cm³/mol. The van der Waals surface area contributed by atoms with E-state index in [0.29, 0.717) is 6.54 Å². The molecule has 0 unspecified atom stereocenters. The number of hydrogen-bond acceptors (Lipinski definition) is 4. The van der Waals surface area contributed by atoms with E-state index < -0.39 is 10.0 Å². The zero-order valence-electron chi connectivity index (χ0n) is 12.7. The van der Waals surface area contributed by atoms with Gasteiger partial charge in [-0.15, -0.1) is 0 Å². The Morgan fingerprint density at radius 2 is 2.00 bits per heavy atom. The minimum atomic E-state index is -3.27. The van der Waals surface area contributed by atoms with Gasteiger partial charge in [-0.05, 0) is 37.3 Å². The molecule has 1 aliphatic rings. The molecule has 0 spiro atoms. The van der Waals surface area contributed by atoms with E-state index in [4.69, 9.17) is 0 Å². The van der Waals surface area contributed by atoms with Crippen LogP contribution in [0.5, 0.6) is 0 Å². The monoisotopic (exact) mass is 328 g/mol. The van der Waals surface area contributed by atoms with Gasteiger partial charge in [0, 0.05) is 17.8 Å². The van der Waals surface area contributed by atoms with Crippen molar-refractivity contribution in [1.29, 1.82) is 0 Å². The maximum Gasteiger partial charge on any atom is 0.215 e. The molecule has 0 radical (unpaired) electrons. The molecule has 0 amide bonds. The van der Waals surface area contributed by atoms with Crippen molar-refractivity contribution in [3.05, 3.63) is 35.4 Å². The largest absolute Gasteiger partial charge is 0.316 e. The average molecular weight is 329 g/mol. The summed E-state index contributed by atoms with van der Waals surface area (Å²) in [5.41, 5.74) is 1.94. The van der Waals surface area contributed by atoms with Crippen molar-refractivity contribution in [1.82, 2.24) is 10.0 Å². The molecule has 2 rings (SSSR count). The van der Waals surface area contributed by atoms with Crippen LogP contribution in [0.15, 0.2) is 24.3 Å². The van der Waals surface area contributed by atoms with Gasteiger partial charge in [0.05, 0.1) is 5.75 Å². The van der Waals surface area contributed by atoms with Gasteiger partial charge in [-0.1, -0.05) is 30.7 Å². The third-order valence-electron chi connectivity index (χ3n) is 4.04. The van der Waals surface area contributed by atoms with Gasteiger partial charge in [-0.3, -0.25) is 0 Å².